The van der Waals surface area contributed by atoms with E-state index in [-0.39, 0.29) is 22.9 Å². The number of imidazole rings is 1. The number of benzene rings is 2. The van der Waals surface area contributed by atoms with Crippen LogP contribution in [0, 0.1) is 18.6 Å². The molecule has 0 aliphatic heterocycles. The standard InChI is InChI=1S/C20H14ClF2N3OS/c1-11-17(9-24-19(27)18-14(21)3-2-4-15(18)23)28-20-25-16(10-26(11)20)12-5-7-13(22)8-6-12/h2-8,10H,9H2,1H3,(H,24,27). The number of thiazole rings is 1. The molecular formula is C20H14ClF2N3OS. The van der Waals surface area contributed by atoms with Gasteiger partial charge in [-0.3, -0.25) is 9.20 Å². The van der Waals surface area contributed by atoms with Crippen LogP contribution in [0.2, 0.25) is 5.02 Å². The zero-order valence-corrected chi connectivity index (χ0v) is 16.2. The fourth-order valence-corrected chi connectivity index (χ4v) is 4.17. The highest BCUT2D eigenvalue weighted by Gasteiger charge is 2.17. The van der Waals surface area contributed by atoms with E-state index in [1.54, 1.807) is 12.1 Å². The van der Waals surface area contributed by atoms with Crippen molar-refractivity contribution < 1.29 is 13.6 Å². The number of nitrogens with one attached hydrogen (secondary N) is 1. The molecule has 28 heavy (non-hydrogen) atoms. The smallest absolute Gasteiger partial charge is 0.256 e. The predicted octanol–water partition coefficient (Wildman–Crippen LogP) is 5.23. The Labute approximate surface area is 168 Å². The SMILES string of the molecule is Cc1c(CNC(=O)c2c(F)cccc2Cl)sc2nc(-c3ccc(F)cc3)cn12. The topological polar surface area (TPSA) is 46.4 Å². The van der Waals surface area contributed by atoms with Crippen LogP contribution >= 0.6 is 22.9 Å². The fraction of sp³-hybridized carbons (Fsp3) is 0.100. The molecule has 0 spiro atoms. The summed E-state index contributed by atoms with van der Waals surface area (Å²) in [4.78, 5) is 18.5. The van der Waals surface area contributed by atoms with Gasteiger partial charge in [-0.1, -0.05) is 29.0 Å². The third-order valence-electron chi connectivity index (χ3n) is 4.39. The Morgan fingerprint density at radius 1 is 1.21 bits per heavy atom. The fourth-order valence-electron chi connectivity index (χ4n) is 2.88. The minimum absolute atomic E-state index is 0.0687. The average Bonchev–Trinajstić information content (AvgIpc) is 3.20. The van der Waals surface area contributed by atoms with Gasteiger partial charge in [-0.25, -0.2) is 13.8 Å². The molecular weight excluding hydrogens is 404 g/mol. The summed E-state index contributed by atoms with van der Waals surface area (Å²) < 4.78 is 28.9. The molecule has 142 valence electrons. The highest BCUT2D eigenvalue weighted by molar-refractivity contribution is 7.17. The molecule has 1 N–H and O–H groups in total. The molecule has 0 unspecified atom stereocenters. The van der Waals surface area contributed by atoms with Crippen molar-refractivity contribution in [2.45, 2.75) is 13.5 Å². The molecule has 4 rings (SSSR count). The summed E-state index contributed by atoms with van der Waals surface area (Å²) in [6.07, 6.45) is 1.87. The Hall–Kier alpha value is -2.77. The average molecular weight is 418 g/mol. The second kappa shape index (κ2) is 7.33. The maximum Gasteiger partial charge on any atom is 0.256 e. The van der Waals surface area contributed by atoms with E-state index in [9.17, 15) is 13.6 Å². The highest BCUT2D eigenvalue weighted by atomic mass is 35.5. The molecule has 2 aromatic carbocycles. The van der Waals surface area contributed by atoms with E-state index >= 15 is 0 Å². The minimum Gasteiger partial charge on any atom is -0.347 e. The van der Waals surface area contributed by atoms with E-state index in [0.717, 1.165) is 26.8 Å². The van der Waals surface area contributed by atoms with Crippen molar-refractivity contribution in [3.8, 4) is 11.3 Å². The van der Waals surface area contributed by atoms with Crippen LogP contribution in [0.25, 0.3) is 16.2 Å². The first-order valence-corrected chi connectivity index (χ1v) is 9.59. The van der Waals surface area contributed by atoms with Gasteiger partial charge in [-0.15, -0.1) is 0 Å². The van der Waals surface area contributed by atoms with Crippen molar-refractivity contribution in [3.63, 3.8) is 0 Å². The van der Waals surface area contributed by atoms with Gasteiger partial charge in [0.1, 0.15) is 11.6 Å². The van der Waals surface area contributed by atoms with E-state index in [1.807, 2.05) is 17.5 Å². The highest BCUT2D eigenvalue weighted by Crippen LogP contribution is 2.27. The maximum atomic E-state index is 13.9. The van der Waals surface area contributed by atoms with Crippen molar-refractivity contribution in [2.24, 2.45) is 0 Å². The summed E-state index contributed by atoms with van der Waals surface area (Å²) in [7, 11) is 0. The Morgan fingerprint density at radius 2 is 1.96 bits per heavy atom. The number of aromatic nitrogens is 2. The second-order valence-corrected chi connectivity index (χ2v) is 7.64. The lowest BCUT2D eigenvalue weighted by molar-refractivity contribution is 0.0947. The van der Waals surface area contributed by atoms with Gasteiger partial charge >= 0.3 is 0 Å². The normalized spacial score (nSPS) is 11.1. The van der Waals surface area contributed by atoms with Gasteiger partial charge in [-0.05, 0) is 43.3 Å². The number of rotatable bonds is 4. The molecule has 8 heteroatoms. The van der Waals surface area contributed by atoms with Crippen molar-refractivity contribution >= 4 is 33.8 Å². The van der Waals surface area contributed by atoms with Crippen LogP contribution in [-0.2, 0) is 6.54 Å². The number of hydrogen-bond donors (Lipinski definition) is 1. The zero-order valence-electron chi connectivity index (χ0n) is 14.7. The van der Waals surface area contributed by atoms with E-state index in [0.29, 0.717) is 0 Å². The molecule has 0 bridgehead atoms. The molecule has 0 saturated heterocycles. The van der Waals surface area contributed by atoms with E-state index in [4.69, 9.17) is 11.6 Å². The van der Waals surface area contributed by atoms with Crippen LogP contribution in [0.4, 0.5) is 8.78 Å². The Bertz CT molecular complexity index is 1160. The van der Waals surface area contributed by atoms with Gasteiger partial charge in [0.05, 0.1) is 22.8 Å². The third kappa shape index (κ3) is 3.39. The molecule has 0 saturated carbocycles. The predicted molar refractivity (Wildman–Crippen MR) is 106 cm³/mol. The number of carbonyl (C=O) groups excluding carboxylic acids is 1. The molecule has 0 fully saturated rings. The van der Waals surface area contributed by atoms with Gasteiger partial charge in [0.2, 0.25) is 0 Å². The van der Waals surface area contributed by atoms with Crippen LogP contribution in [0.3, 0.4) is 0 Å². The second-order valence-electron chi connectivity index (χ2n) is 6.18. The van der Waals surface area contributed by atoms with Crippen molar-refractivity contribution in [2.75, 3.05) is 0 Å². The Kier molecular flexibility index (Phi) is 4.87. The first-order chi connectivity index (χ1) is 13.4. The lowest BCUT2D eigenvalue weighted by Gasteiger charge is -2.07. The van der Waals surface area contributed by atoms with Gasteiger partial charge < -0.3 is 5.32 Å². The van der Waals surface area contributed by atoms with Crippen LogP contribution in [0.15, 0.2) is 48.7 Å². The number of aryl methyl sites for hydroxylation is 1. The molecule has 0 aliphatic carbocycles. The van der Waals surface area contributed by atoms with Gasteiger partial charge in [0.25, 0.3) is 5.91 Å². The summed E-state index contributed by atoms with van der Waals surface area (Å²) in [5, 5.41) is 2.77. The number of halogens is 3. The summed E-state index contributed by atoms with van der Waals surface area (Å²) in [5.74, 6) is -1.53. The first-order valence-electron chi connectivity index (χ1n) is 8.39. The number of nitrogens with zero attached hydrogens (tertiary/aromatic N) is 2. The Balaban J connectivity index is 1.55. The van der Waals surface area contributed by atoms with Crippen molar-refractivity contribution in [1.29, 1.82) is 0 Å². The van der Waals surface area contributed by atoms with Crippen LogP contribution < -0.4 is 5.32 Å². The zero-order chi connectivity index (χ0) is 19.8. The van der Waals surface area contributed by atoms with Crippen LogP contribution in [0.1, 0.15) is 20.9 Å². The molecule has 4 aromatic rings. The quantitative estimate of drug-likeness (QED) is 0.494. The van der Waals surface area contributed by atoms with E-state index in [2.05, 4.69) is 10.3 Å². The molecule has 2 heterocycles. The van der Waals surface area contributed by atoms with Gasteiger partial charge in [0, 0.05) is 22.3 Å². The molecule has 2 aromatic heterocycles. The summed E-state index contributed by atoms with van der Waals surface area (Å²) in [6.45, 7) is 2.15. The monoisotopic (exact) mass is 417 g/mol. The lowest BCUT2D eigenvalue weighted by Crippen LogP contribution is -2.24. The lowest BCUT2D eigenvalue weighted by atomic mass is 10.2. The number of carbonyl (C=O) groups is 1. The number of hydrogen-bond acceptors (Lipinski definition) is 3. The first kappa shape index (κ1) is 18.6. The number of fused-ring (bicyclic) bond motifs is 1. The van der Waals surface area contributed by atoms with Crippen molar-refractivity contribution in [3.05, 3.63) is 81.5 Å². The van der Waals surface area contributed by atoms with Crippen LogP contribution in [-0.4, -0.2) is 15.3 Å². The number of amides is 1. The summed E-state index contributed by atoms with van der Waals surface area (Å²) in [5.41, 5.74) is 2.31. The third-order valence-corrected chi connectivity index (χ3v) is 5.86. The Morgan fingerprint density at radius 3 is 2.64 bits per heavy atom. The molecule has 0 atom stereocenters. The molecule has 1 amide bonds. The summed E-state index contributed by atoms with van der Waals surface area (Å²) >= 11 is 7.36. The summed E-state index contributed by atoms with van der Waals surface area (Å²) in [6, 6.07) is 10.3. The van der Waals surface area contributed by atoms with Crippen LogP contribution in [0.5, 0.6) is 0 Å². The van der Waals surface area contributed by atoms with Gasteiger partial charge in [0.15, 0.2) is 4.96 Å². The molecule has 0 radical (unpaired) electrons. The van der Waals surface area contributed by atoms with E-state index < -0.39 is 11.7 Å². The van der Waals surface area contributed by atoms with Crippen molar-refractivity contribution in [1.82, 2.24) is 14.7 Å². The van der Waals surface area contributed by atoms with E-state index in [1.165, 1.54) is 41.7 Å². The largest absolute Gasteiger partial charge is 0.347 e. The maximum absolute atomic E-state index is 13.9. The minimum atomic E-state index is -0.661. The molecule has 0 aliphatic rings. The molecule has 4 nitrogen and oxygen atoms in total. The van der Waals surface area contributed by atoms with Gasteiger partial charge in [-0.2, -0.15) is 0 Å².